The van der Waals surface area contributed by atoms with Crippen LogP contribution in [0.2, 0.25) is 0 Å². The Hall–Kier alpha value is -2.33. The number of ether oxygens (including phenoxy) is 1. The van der Waals surface area contributed by atoms with Crippen LogP contribution >= 0.6 is 0 Å². The van der Waals surface area contributed by atoms with Crippen molar-refractivity contribution in [3.63, 3.8) is 0 Å². The van der Waals surface area contributed by atoms with E-state index >= 15 is 0 Å². The lowest BCUT2D eigenvalue weighted by atomic mass is 9.89. The second kappa shape index (κ2) is 4.85. The number of nitrogens with one attached hydrogen (secondary N) is 1. The van der Waals surface area contributed by atoms with E-state index in [1.165, 1.54) is 0 Å². The van der Waals surface area contributed by atoms with Gasteiger partial charge in [0.1, 0.15) is 11.4 Å². The smallest absolute Gasteiger partial charge is 0.256 e. The Morgan fingerprint density at radius 1 is 1.14 bits per heavy atom. The van der Waals surface area contributed by atoms with E-state index < -0.39 is 5.66 Å². The number of rotatable bonds is 2. The summed E-state index contributed by atoms with van der Waals surface area (Å²) in [7, 11) is 1.66. The van der Waals surface area contributed by atoms with Crippen molar-refractivity contribution in [1.82, 2.24) is 10.2 Å². The zero-order valence-corrected chi connectivity index (χ0v) is 12.5. The van der Waals surface area contributed by atoms with Gasteiger partial charge in [-0.3, -0.25) is 10.1 Å². The highest BCUT2D eigenvalue weighted by atomic mass is 16.5. The third-order valence-electron chi connectivity index (χ3n) is 4.64. The van der Waals surface area contributed by atoms with Gasteiger partial charge in [0.05, 0.1) is 7.11 Å². The molecule has 4 heteroatoms. The summed E-state index contributed by atoms with van der Waals surface area (Å²) in [6.07, 6.45) is 0.970. The van der Waals surface area contributed by atoms with Crippen molar-refractivity contribution in [2.24, 2.45) is 0 Å². The minimum absolute atomic E-state index is 0.110. The predicted octanol–water partition coefficient (Wildman–Crippen LogP) is 2.35. The van der Waals surface area contributed by atoms with Gasteiger partial charge in [0.2, 0.25) is 0 Å². The van der Waals surface area contributed by atoms with Crippen LogP contribution < -0.4 is 10.1 Å². The van der Waals surface area contributed by atoms with Gasteiger partial charge in [-0.1, -0.05) is 30.3 Å². The van der Waals surface area contributed by atoms with Crippen molar-refractivity contribution in [1.29, 1.82) is 0 Å². The SMILES string of the molecule is COc1ccc([C@]23NCCCN2C(=O)c2ccccc23)cc1. The molecule has 1 N–H and O–H groups in total. The maximum Gasteiger partial charge on any atom is 0.256 e. The average molecular weight is 294 g/mol. The number of hydrogen-bond donors (Lipinski definition) is 1. The summed E-state index contributed by atoms with van der Waals surface area (Å²) in [5, 5.41) is 3.60. The van der Waals surface area contributed by atoms with E-state index in [0.29, 0.717) is 0 Å². The molecule has 4 nitrogen and oxygen atoms in total. The van der Waals surface area contributed by atoms with Crippen molar-refractivity contribution in [2.45, 2.75) is 12.1 Å². The summed E-state index contributed by atoms with van der Waals surface area (Å²) in [4.78, 5) is 14.8. The highest BCUT2D eigenvalue weighted by Gasteiger charge is 2.51. The number of hydrogen-bond acceptors (Lipinski definition) is 3. The van der Waals surface area contributed by atoms with Gasteiger partial charge in [-0.25, -0.2) is 0 Å². The molecule has 1 atom stereocenters. The largest absolute Gasteiger partial charge is 0.497 e. The van der Waals surface area contributed by atoms with Crippen LogP contribution in [0.4, 0.5) is 0 Å². The lowest BCUT2D eigenvalue weighted by Gasteiger charge is -2.44. The van der Waals surface area contributed by atoms with Crippen molar-refractivity contribution in [3.8, 4) is 5.75 Å². The van der Waals surface area contributed by atoms with Crippen molar-refractivity contribution in [2.75, 3.05) is 20.2 Å². The minimum atomic E-state index is -0.543. The van der Waals surface area contributed by atoms with Crippen LogP contribution in [0.25, 0.3) is 0 Å². The van der Waals surface area contributed by atoms with Crippen LogP contribution in [0.5, 0.6) is 5.75 Å². The van der Waals surface area contributed by atoms with Gasteiger partial charge in [0, 0.05) is 17.7 Å². The Balaban J connectivity index is 1.93. The van der Waals surface area contributed by atoms with E-state index in [1.807, 2.05) is 47.4 Å². The van der Waals surface area contributed by atoms with Crippen molar-refractivity contribution < 1.29 is 9.53 Å². The van der Waals surface area contributed by atoms with Gasteiger partial charge in [0.25, 0.3) is 5.91 Å². The first-order valence-electron chi connectivity index (χ1n) is 7.58. The lowest BCUT2D eigenvalue weighted by molar-refractivity contribution is 0.0457. The maximum absolute atomic E-state index is 12.8. The fourth-order valence-corrected chi connectivity index (χ4v) is 3.64. The Morgan fingerprint density at radius 3 is 2.68 bits per heavy atom. The van der Waals surface area contributed by atoms with E-state index in [9.17, 15) is 4.79 Å². The molecule has 1 saturated heterocycles. The molecule has 4 rings (SSSR count). The summed E-state index contributed by atoms with van der Waals surface area (Å²) in [6.45, 7) is 1.66. The molecule has 0 radical (unpaired) electrons. The van der Waals surface area contributed by atoms with Crippen LogP contribution in [-0.4, -0.2) is 31.0 Å². The van der Waals surface area contributed by atoms with Gasteiger partial charge < -0.3 is 9.64 Å². The molecule has 2 heterocycles. The normalized spacial score (nSPS) is 23.1. The number of benzene rings is 2. The van der Waals surface area contributed by atoms with Crippen LogP contribution in [0, 0.1) is 0 Å². The molecule has 0 spiro atoms. The summed E-state index contributed by atoms with van der Waals surface area (Å²) in [5.74, 6) is 0.929. The Kier molecular flexibility index (Phi) is 2.94. The number of nitrogens with zero attached hydrogens (tertiary/aromatic N) is 1. The average Bonchev–Trinajstić information content (AvgIpc) is 2.86. The van der Waals surface area contributed by atoms with Crippen LogP contribution in [0.3, 0.4) is 0 Å². The quantitative estimate of drug-likeness (QED) is 0.924. The third-order valence-corrected chi connectivity index (χ3v) is 4.64. The monoisotopic (exact) mass is 294 g/mol. The summed E-state index contributed by atoms with van der Waals surface area (Å²) < 4.78 is 5.26. The molecule has 1 fully saturated rings. The minimum Gasteiger partial charge on any atom is -0.497 e. The van der Waals surface area contributed by atoms with Crippen molar-refractivity contribution >= 4 is 5.91 Å². The highest BCUT2D eigenvalue weighted by molar-refractivity contribution is 6.00. The molecule has 2 aliphatic heterocycles. The van der Waals surface area contributed by atoms with Gasteiger partial charge in [-0.15, -0.1) is 0 Å². The van der Waals surface area contributed by atoms with Crippen LogP contribution in [0.1, 0.15) is 27.9 Å². The van der Waals surface area contributed by atoms with E-state index in [2.05, 4.69) is 11.4 Å². The first-order chi connectivity index (χ1) is 10.8. The number of fused-ring (bicyclic) bond motifs is 3. The fourth-order valence-electron chi connectivity index (χ4n) is 3.64. The summed E-state index contributed by atoms with van der Waals surface area (Å²) in [5.41, 5.74) is 2.38. The zero-order chi connectivity index (χ0) is 15.2. The fraction of sp³-hybridized carbons (Fsp3) is 0.278. The Morgan fingerprint density at radius 2 is 1.91 bits per heavy atom. The first-order valence-corrected chi connectivity index (χ1v) is 7.58. The molecule has 112 valence electrons. The molecular formula is C18H18N2O2. The molecule has 0 aliphatic carbocycles. The molecule has 0 aromatic heterocycles. The van der Waals surface area contributed by atoms with E-state index in [4.69, 9.17) is 4.74 Å². The number of carbonyl (C=O) groups is 1. The molecule has 2 aliphatic rings. The van der Waals surface area contributed by atoms with Crippen LogP contribution in [0.15, 0.2) is 48.5 Å². The molecule has 1 amide bonds. The van der Waals surface area contributed by atoms with Crippen LogP contribution in [-0.2, 0) is 5.66 Å². The first kappa shape index (κ1) is 13.3. The molecule has 22 heavy (non-hydrogen) atoms. The molecule has 0 unspecified atom stereocenters. The van der Waals surface area contributed by atoms with E-state index in [-0.39, 0.29) is 5.91 Å². The van der Waals surface area contributed by atoms with Gasteiger partial charge in [-0.2, -0.15) is 0 Å². The van der Waals surface area contributed by atoms with Gasteiger partial charge in [-0.05, 0) is 36.7 Å². The lowest BCUT2D eigenvalue weighted by Crippen LogP contribution is -2.59. The number of methoxy groups -OCH3 is 1. The second-order valence-corrected chi connectivity index (χ2v) is 5.72. The standard InChI is InChI=1S/C18H18N2O2/c1-22-14-9-7-13(8-10-14)18-16-6-3-2-5-15(16)17(21)20(18)12-4-11-19-18/h2-3,5-10,19H,4,11-12H2,1H3/t18-/m0/s1. The molecule has 0 saturated carbocycles. The Bertz CT molecular complexity index is 726. The molecule has 2 aromatic carbocycles. The highest BCUT2D eigenvalue weighted by Crippen LogP contribution is 2.43. The molecule has 0 bridgehead atoms. The number of amides is 1. The van der Waals surface area contributed by atoms with E-state index in [1.54, 1.807) is 7.11 Å². The summed E-state index contributed by atoms with van der Waals surface area (Å²) >= 11 is 0. The third kappa shape index (κ3) is 1.64. The predicted molar refractivity (Wildman–Crippen MR) is 83.9 cm³/mol. The van der Waals surface area contributed by atoms with E-state index in [0.717, 1.165) is 42.0 Å². The zero-order valence-electron chi connectivity index (χ0n) is 12.5. The maximum atomic E-state index is 12.8. The second-order valence-electron chi connectivity index (χ2n) is 5.72. The topological polar surface area (TPSA) is 41.6 Å². The molecular weight excluding hydrogens is 276 g/mol. The Labute approximate surface area is 129 Å². The summed E-state index contributed by atoms with van der Waals surface area (Å²) in [6, 6.07) is 15.9. The van der Waals surface area contributed by atoms with Crippen molar-refractivity contribution in [3.05, 3.63) is 65.2 Å². The number of carbonyl (C=O) groups excluding carboxylic acids is 1. The molecule has 2 aromatic rings. The van der Waals surface area contributed by atoms with Gasteiger partial charge in [0.15, 0.2) is 0 Å². The van der Waals surface area contributed by atoms with Gasteiger partial charge >= 0.3 is 0 Å².